The van der Waals surface area contributed by atoms with Gasteiger partial charge in [-0.15, -0.1) is 0 Å². The largest absolute Gasteiger partial charge is 0.481 e. The highest BCUT2D eigenvalue weighted by atomic mass is 16.4. The summed E-state index contributed by atoms with van der Waals surface area (Å²) in [7, 11) is 0. The van der Waals surface area contributed by atoms with Gasteiger partial charge in [0.1, 0.15) is 5.54 Å². The number of carbonyl (C=O) groups is 2. The maximum Gasteiger partial charge on any atom is 0.324 e. The molecular formula is C8H11NO4. The number of hydrogen-bond donors (Lipinski definition) is 3. The second kappa shape index (κ2) is 2.23. The van der Waals surface area contributed by atoms with Crippen molar-refractivity contribution >= 4 is 11.9 Å². The molecule has 2 rings (SSSR count). The van der Waals surface area contributed by atoms with Gasteiger partial charge in [-0.05, 0) is 18.8 Å². The summed E-state index contributed by atoms with van der Waals surface area (Å²) in [6.07, 6.45) is 1.03. The lowest BCUT2D eigenvalue weighted by Crippen LogP contribution is -2.49. The minimum Gasteiger partial charge on any atom is -0.481 e. The molecular weight excluding hydrogens is 174 g/mol. The molecule has 0 heterocycles. The first-order chi connectivity index (χ1) is 5.98. The van der Waals surface area contributed by atoms with Crippen LogP contribution in [0.5, 0.6) is 0 Å². The van der Waals surface area contributed by atoms with E-state index < -0.39 is 23.4 Å². The van der Waals surface area contributed by atoms with Gasteiger partial charge in [-0.25, -0.2) is 0 Å². The topological polar surface area (TPSA) is 101 Å². The van der Waals surface area contributed by atoms with Gasteiger partial charge in [0.2, 0.25) is 0 Å². The summed E-state index contributed by atoms with van der Waals surface area (Å²) in [5, 5.41) is 17.6. The molecule has 0 radical (unpaired) electrons. The summed E-state index contributed by atoms with van der Waals surface area (Å²) in [5.41, 5.74) is 4.37. The van der Waals surface area contributed by atoms with Gasteiger partial charge in [-0.3, -0.25) is 9.59 Å². The van der Waals surface area contributed by atoms with Crippen molar-refractivity contribution in [2.75, 3.05) is 0 Å². The predicted octanol–water partition coefficient (Wildman–Crippen LogP) is -0.491. The van der Waals surface area contributed by atoms with E-state index >= 15 is 0 Å². The lowest BCUT2D eigenvalue weighted by Gasteiger charge is -2.20. The third kappa shape index (κ3) is 0.904. The average Bonchev–Trinajstić information content (AvgIpc) is 2.66. The second-order valence-electron chi connectivity index (χ2n) is 3.94. The van der Waals surface area contributed by atoms with Crippen LogP contribution in [0.4, 0.5) is 0 Å². The number of carboxylic acid groups (broad SMARTS) is 2. The molecule has 0 spiro atoms. The molecule has 0 aromatic rings. The molecule has 0 amide bonds. The zero-order valence-electron chi connectivity index (χ0n) is 6.93. The lowest BCUT2D eigenvalue weighted by atomic mass is 9.92. The molecule has 2 aliphatic rings. The zero-order valence-corrected chi connectivity index (χ0v) is 6.93. The van der Waals surface area contributed by atoms with Crippen LogP contribution in [-0.4, -0.2) is 27.7 Å². The lowest BCUT2D eigenvalue weighted by molar-refractivity contribution is -0.145. The molecule has 1 unspecified atom stereocenters. The molecule has 2 fully saturated rings. The molecule has 0 bridgehead atoms. The number of hydrogen-bond acceptors (Lipinski definition) is 3. The minimum absolute atomic E-state index is 0.00130. The number of aliphatic carboxylic acids is 2. The van der Waals surface area contributed by atoms with Crippen LogP contribution in [0.25, 0.3) is 0 Å². The van der Waals surface area contributed by atoms with E-state index in [0.29, 0.717) is 12.8 Å². The Bertz CT molecular complexity index is 290. The normalized spacial score (nSPS) is 47.0. The molecule has 5 heteroatoms. The van der Waals surface area contributed by atoms with E-state index in [-0.39, 0.29) is 11.8 Å². The Morgan fingerprint density at radius 1 is 1.38 bits per heavy atom. The Morgan fingerprint density at radius 2 is 2.00 bits per heavy atom. The average molecular weight is 185 g/mol. The molecule has 2 aliphatic carbocycles. The summed E-state index contributed by atoms with van der Waals surface area (Å²) in [6.45, 7) is 0. The first-order valence-electron chi connectivity index (χ1n) is 4.23. The summed E-state index contributed by atoms with van der Waals surface area (Å²) in [6, 6.07) is 0. The van der Waals surface area contributed by atoms with Crippen molar-refractivity contribution in [3.63, 3.8) is 0 Å². The second-order valence-corrected chi connectivity index (χ2v) is 3.94. The van der Waals surface area contributed by atoms with Crippen molar-refractivity contribution in [1.29, 1.82) is 0 Å². The number of carboxylic acids is 2. The summed E-state index contributed by atoms with van der Waals surface area (Å²) in [5.74, 6) is -2.84. The monoisotopic (exact) mass is 185 g/mol. The van der Waals surface area contributed by atoms with Crippen molar-refractivity contribution in [3.05, 3.63) is 0 Å². The van der Waals surface area contributed by atoms with Gasteiger partial charge in [-0.2, -0.15) is 0 Å². The molecule has 4 N–H and O–H groups in total. The first kappa shape index (κ1) is 8.50. The van der Waals surface area contributed by atoms with Crippen molar-refractivity contribution in [1.82, 2.24) is 0 Å². The molecule has 0 aliphatic heterocycles. The minimum atomic E-state index is -1.28. The zero-order chi connectivity index (χ0) is 9.80. The molecule has 2 saturated carbocycles. The quantitative estimate of drug-likeness (QED) is 0.539. The van der Waals surface area contributed by atoms with Gasteiger partial charge in [0.15, 0.2) is 0 Å². The fraction of sp³-hybridized carbons (Fsp3) is 0.750. The maximum absolute atomic E-state index is 10.8. The highest BCUT2D eigenvalue weighted by Gasteiger charge is 2.69. The summed E-state index contributed by atoms with van der Waals surface area (Å²) in [4.78, 5) is 21.4. The van der Waals surface area contributed by atoms with Gasteiger partial charge < -0.3 is 15.9 Å². The van der Waals surface area contributed by atoms with E-state index in [1.807, 2.05) is 0 Å². The molecule has 0 aromatic carbocycles. The first-order valence-corrected chi connectivity index (χ1v) is 4.23. The fourth-order valence-corrected chi connectivity index (χ4v) is 2.59. The summed E-state index contributed by atoms with van der Waals surface area (Å²) >= 11 is 0. The highest BCUT2D eigenvalue weighted by Crippen LogP contribution is 2.61. The van der Waals surface area contributed by atoms with Gasteiger partial charge in [0.25, 0.3) is 0 Å². The molecule has 72 valence electrons. The fourth-order valence-electron chi connectivity index (χ4n) is 2.59. The van der Waals surface area contributed by atoms with Crippen LogP contribution in [0.1, 0.15) is 12.8 Å². The van der Waals surface area contributed by atoms with Gasteiger partial charge in [0.05, 0.1) is 5.92 Å². The number of fused-ring (bicyclic) bond motifs is 1. The van der Waals surface area contributed by atoms with E-state index in [9.17, 15) is 9.59 Å². The Morgan fingerprint density at radius 3 is 2.38 bits per heavy atom. The molecule has 4 atom stereocenters. The predicted molar refractivity (Wildman–Crippen MR) is 41.9 cm³/mol. The third-order valence-corrected chi connectivity index (χ3v) is 3.34. The van der Waals surface area contributed by atoms with E-state index in [1.165, 1.54) is 0 Å². The maximum atomic E-state index is 10.8. The Labute approximate surface area is 74.5 Å². The standard InChI is InChI=1S/C8H11NO4/c9-8(7(12)13)2-1-3-4(5(3)8)6(10)11/h3-5H,1-2,9H2,(H,10,11)(H,12,13)/t3-,4?,5-,8-/m0/s1. The van der Waals surface area contributed by atoms with E-state index in [1.54, 1.807) is 0 Å². The number of rotatable bonds is 2. The van der Waals surface area contributed by atoms with E-state index in [4.69, 9.17) is 15.9 Å². The van der Waals surface area contributed by atoms with Gasteiger partial charge >= 0.3 is 11.9 Å². The van der Waals surface area contributed by atoms with Crippen molar-refractivity contribution in [3.8, 4) is 0 Å². The van der Waals surface area contributed by atoms with Crippen LogP contribution in [-0.2, 0) is 9.59 Å². The SMILES string of the molecule is N[C@@]1(C(=O)O)CC[C@H]2C(C(=O)O)[C@H]21. The van der Waals surface area contributed by atoms with Crippen LogP contribution in [0, 0.1) is 17.8 Å². The van der Waals surface area contributed by atoms with Crippen LogP contribution < -0.4 is 5.73 Å². The Hall–Kier alpha value is -1.10. The van der Waals surface area contributed by atoms with Crippen LogP contribution in [0.3, 0.4) is 0 Å². The van der Waals surface area contributed by atoms with E-state index in [2.05, 4.69) is 0 Å². The van der Waals surface area contributed by atoms with Crippen molar-refractivity contribution in [2.45, 2.75) is 18.4 Å². The van der Waals surface area contributed by atoms with Crippen LogP contribution in [0.15, 0.2) is 0 Å². The molecule has 13 heavy (non-hydrogen) atoms. The van der Waals surface area contributed by atoms with Crippen molar-refractivity contribution < 1.29 is 19.8 Å². The molecule has 0 aromatic heterocycles. The Balaban J connectivity index is 2.20. The smallest absolute Gasteiger partial charge is 0.324 e. The highest BCUT2D eigenvalue weighted by molar-refractivity contribution is 5.85. The Kier molecular flexibility index (Phi) is 1.46. The number of nitrogens with two attached hydrogens (primary N) is 1. The van der Waals surface area contributed by atoms with Crippen LogP contribution in [0.2, 0.25) is 0 Å². The van der Waals surface area contributed by atoms with E-state index in [0.717, 1.165) is 0 Å². The van der Waals surface area contributed by atoms with Gasteiger partial charge in [0, 0.05) is 5.92 Å². The summed E-state index contributed by atoms with van der Waals surface area (Å²) < 4.78 is 0. The molecule has 5 nitrogen and oxygen atoms in total. The van der Waals surface area contributed by atoms with Gasteiger partial charge in [-0.1, -0.05) is 0 Å². The van der Waals surface area contributed by atoms with Crippen LogP contribution >= 0.6 is 0 Å². The molecule has 0 saturated heterocycles. The third-order valence-electron chi connectivity index (χ3n) is 3.34. The van der Waals surface area contributed by atoms with Crippen molar-refractivity contribution in [2.24, 2.45) is 23.5 Å².